The van der Waals surface area contributed by atoms with Gasteiger partial charge in [-0.3, -0.25) is 0 Å². The number of benzene rings is 8. The Bertz CT molecular complexity index is 3100. The summed E-state index contributed by atoms with van der Waals surface area (Å²) in [6.45, 7) is 9.33. The zero-order chi connectivity index (χ0) is 64.6. The highest BCUT2D eigenvalue weighted by molar-refractivity contribution is 6.17. The number of hydrogen-bond donors (Lipinski definition) is 0. The first kappa shape index (κ1) is 73.9. The molecule has 1 nitrogen and oxygen atoms in total. The highest BCUT2D eigenvalue weighted by Gasteiger charge is 2.24. The van der Waals surface area contributed by atoms with Crippen LogP contribution in [0.3, 0.4) is 0 Å². The first-order valence-electron chi connectivity index (χ1n) is 40.6. The van der Waals surface area contributed by atoms with Crippen LogP contribution in [0.25, 0.3) is 64.6 Å². The lowest BCUT2D eigenvalue weighted by Crippen LogP contribution is -2.05. The summed E-state index contributed by atoms with van der Waals surface area (Å²) in [7, 11) is 0. The van der Waals surface area contributed by atoms with E-state index in [1.165, 1.54) is 395 Å². The van der Waals surface area contributed by atoms with Crippen LogP contribution in [0.2, 0.25) is 0 Å². The van der Waals surface area contributed by atoms with Crippen molar-refractivity contribution in [2.75, 3.05) is 0 Å². The summed E-state index contributed by atoms with van der Waals surface area (Å²) in [5.74, 6) is 2.34. The minimum absolute atomic E-state index is 1.07. The van der Waals surface area contributed by atoms with Gasteiger partial charge in [-0.1, -0.05) is 395 Å². The molecule has 0 saturated carbocycles. The maximum absolute atomic E-state index is 8.53. The molecule has 0 aliphatic heterocycles. The second-order valence-electron chi connectivity index (χ2n) is 29.5. The molecule has 0 spiro atoms. The van der Waals surface area contributed by atoms with Gasteiger partial charge in [0.25, 0.3) is 0 Å². The third kappa shape index (κ3) is 24.9. The smallest absolute Gasteiger partial charge is 0.139 e. The molecule has 8 aromatic carbocycles. The van der Waals surface area contributed by atoms with Gasteiger partial charge in [0.1, 0.15) is 11.5 Å². The summed E-state index contributed by atoms with van der Waals surface area (Å²) in [4.78, 5) is 0. The number of fused-ring (bicyclic) bond motifs is 8. The highest BCUT2D eigenvalue weighted by Crippen LogP contribution is 2.48. The van der Waals surface area contributed by atoms with Gasteiger partial charge >= 0.3 is 0 Å². The number of rotatable bonds is 54. The Balaban J connectivity index is 1.18. The van der Waals surface area contributed by atoms with E-state index in [0.29, 0.717) is 0 Å². The topological polar surface area (TPSA) is 9.23 Å². The molecule has 0 saturated heterocycles. The SMILES string of the molecule is CCCCCCCCCCCCCCc1cc2ccc3cc4ccccc4cc3c2c(Oc2c(CCCCCCCCCCCCCC)c(CCCCCCCCCCCCCC)cc3ccc4cc5ccccc5cc4c23)c1CCCCCCCCCCCCCC. The van der Waals surface area contributed by atoms with Gasteiger partial charge in [-0.05, 0) is 152 Å². The van der Waals surface area contributed by atoms with E-state index >= 15 is 0 Å². The van der Waals surface area contributed by atoms with Gasteiger partial charge in [0, 0.05) is 10.8 Å². The molecule has 8 rings (SSSR count). The third-order valence-corrected chi connectivity index (χ3v) is 21.6. The Labute approximate surface area is 570 Å². The molecular formula is C92H134O. The van der Waals surface area contributed by atoms with Crippen molar-refractivity contribution in [3.8, 4) is 11.5 Å². The zero-order valence-corrected chi connectivity index (χ0v) is 60.6. The summed E-state index contributed by atoms with van der Waals surface area (Å²) in [6, 6.07) is 43.2. The quantitative estimate of drug-likeness (QED) is 0.0210. The summed E-state index contributed by atoms with van der Waals surface area (Å²) < 4.78 is 8.53. The van der Waals surface area contributed by atoms with Crippen molar-refractivity contribution in [1.29, 1.82) is 0 Å². The minimum Gasteiger partial charge on any atom is -0.455 e. The molecule has 93 heavy (non-hydrogen) atoms. The fourth-order valence-electron chi connectivity index (χ4n) is 15.9. The lowest BCUT2D eigenvalue weighted by atomic mass is 9.88. The van der Waals surface area contributed by atoms with Crippen molar-refractivity contribution in [1.82, 2.24) is 0 Å². The number of ether oxygens (including phenoxy) is 1. The molecule has 0 aliphatic carbocycles. The highest BCUT2D eigenvalue weighted by atomic mass is 16.5. The second-order valence-corrected chi connectivity index (χ2v) is 29.5. The zero-order valence-electron chi connectivity index (χ0n) is 60.6. The van der Waals surface area contributed by atoms with Crippen LogP contribution in [0, 0.1) is 0 Å². The standard InChI is InChI=1S/C92H134O/c1-5-9-13-17-21-25-29-33-37-41-45-49-61-79-71-83-67-65-81-69-75-57-53-55-59-77(75)73-87(81)89(83)91(85(79)63-51-47-43-39-35-31-27-23-19-15-11-7-3)93-92-86(64-52-48-44-40-36-32-28-24-20-16-12-8-4)80(62-50-46-42-38-34-30-26-22-18-14-10-6-2)72-84-68-66-82-70-76-58-54-56-60-78(76)74-88(82)90(84)92/h53-60,65-74H,5-52,61-64H2,1-4H3. The number of hydrogen-bond acceptors (Lipinski definition) is 1. The fraction of sp³-hybridized carbons (Fsp3) is 0.609. The van der Waals surface area contributed by atoms with Crippen molar-refractivity contribution in [2.45, 2.75) is 362 Å². The van der Waals surface area contributed by atoms with Crippen molar-refractivity contribution in [3.63, 3.8) is 0 Å². The lowest BCUT2D eigenvalue weighted by Gasteiger charge is -2.25. The first-order chi connectivity index (χ1) is 46.1. The van der Waals surface area contributed by atoms with Gasteiger partial charge in [-0.15, -0.1) is 0 Å². The third-order valence-electron chi connectivity index (χ3n) is 21.6. The average molecular weight is 1260 g/mol. The normalized spacial score (nSPS) is 12.0. The largest absolute Gasteiger partial charge is 0.455 e. The van der Waals surface area contributed by atoms with E-state index in [0.717, 1.165) is 25.7 Å². The van der Waals surface area contributed by atoms with Gasteiger partial charge in [-0.2, -0.15) is 0 Å². The summed E-state index contributed by atoms with van der Waals surface area (Å²) >= 11 is 0. The van der Waals surface area contributed by atoms with Gasteiger partial charge in [0.05, 0.1) is 0 Å². The van der Waals surface area contributed by atoms with E-state index in [-0.39, 0.29) is 0 Å². The molecule has 0 radical (unpaired) electrons. The van der Waals surface area contributed by atoms with Gasteiger partial charge < -0.3 is 4.74 Å². The van der Waals surface area contributed by atoms with E-state index in [1.807, 2.05) is 0 Å². The predicted octanol–water partition coefficient (Wildman–Crippen LogP) is 31.4. The number of unbranched alkanes of at least 4 members (excludes halogenated alkanes) is 44. The Morgan fingerprint density at radius 3 is 0.699 bits per heavy atom. The minimum atomic E-state index is 1.07. The molecule has 0 heterocycles. The van der Waals surface area contributed by atoms with Gasteiger partial charge in [-0.25, -0.2) is 0 Å². The number of aryl methyl sites for hydroxylation is 2. The van der Waals surface area contributed by atoms with Crippen LogP contribution in [0.1, 0.15) is 358 Å². The second kappa shape index (κ2) is 44.8. The van der Waals surface area contributed by atoms with Crippen LogP contribution in [-0.2, 0) is 25.7 Å². The van der Waals surface area contributed by atoms with Crippen molar-refractivity contribution >= 4 is 64.6 Å². The molecule has 0 N–H and O–H groups in total. The Morgan fingerprint density at radius 2 is 0.430 bits per heavy atom. The lowest BCUT2D eigenvalue weighted by molar-refractivity contribution is 0.474. The van der Waals surface area contributed by atoms with Crippen LogP contribution >= 0.6 is 0 Å². The van der Waals surface area contributed by atoms with Crippen molar-refractivity contribution in [3.05, 3.63) is 131 Å². The molecule has 0 aromatic heterocycles. The van der Waals surface area contributed by atoms with Gasteiger partial charge in [0.15, 0.2) is 0 Å². The van der Waals surface area contributed by atoms with Crippen LogP contribution in [-0.4, -0.2) is 0 Å². The predicted molar refractivity (Wildman–Crippen MR) is 417 cm³/mol. The average Bonchev–Trinajstić information content (AvgIpc) is 0.743. The summed E-state index contributed by atoms with van der Waals surface area (Å²) in [6.07, 6.45) is 70.1. The van der Waals surface area contributed by atoms with Gasteiger partial charge in [0.2, 0.25) is 0 Å². The van der Waals surface area contributed by atoms with Crippen LogP contribution < -0.4 is 4.74 Å². The van der Waals surface area contributed by atoms with Crippen LogP contribution in [0.4, 0.5) is 0 Å². The summed E-state index contributed by atoms with van der Waals surface area (Å²) in [5.41, 5.74) is 6.09. The van der Waals surface area contributed by atoms with E-state index in [4.69, 9.17) is 4.74 Å². The molecule has 0 atom stereocenters. The van der Waals surface area contributed by atoms with E-state index in [9.17, 15) is 0 Å². The molecule has 1 heteroatoms. The van der Waals surface area contributed by atoms with E-state index in [1.54, 1.807) is 11.1 Å². The molecule has 0 aliphatic rings. The Morgan fingerprint density at radius 1 is 0.204 bits per heavy atom. The monoisotopic (exact) mass is 1260 g/mol. The molecule has 0 bridgehead atoms. The maximum atomic E-state index is 8.53. The Kier molecular flexibility index (Phi) is 35.6. The molecule has 0 unspecified atom stereocenters. The van der Waals surface area contributed by atoms with Crippen LogP contribution in [0.15, 0.2) is 109 Å². The molecule has 8 aromatic rings. The van der Waals surface area contributed by atoms with E-state index in [2.05, 4.69) is 137 Å². The van der Waals surface area contributed by atoms with Crippen molar-refractivity contribution < 1.29 is 4.74 Å². The molecule has 0 fully saturated rings. The molecule has 508 valence electrons. The fourth-order valence-corrected chi connectivity index (χ4v) is 15.9. The molecule has 0 amide bonds. The maximum Gasteiger partial charge on any atom is 0.139 e. The molecular weight excluding hydrogens is 1120 g/mol. The van der Waals surface area contributed by atoms with E-state index < -0.39 is 0 Å². The van der Waals surface area contributed by atoms with Crippen molar-refractivity contribution in [2.24, 2.45) is 0 Å². The summed E-state index contributed by atoms with van der Waals surface area (Å²) in [5, 5.41) is 15.9. The Hall–Kier alpha value is -4.88. The van der Waals surface area contributed by atoms with Crippen LogP contribution in [0.5, 0.6) is 11.5 Å². The first-order valence-corrected chi connectivity index (χ1v) is 40.6.